The summed E-state index contributed by atoms with van der Waals surface area (Å²) in [5.74, 6) is 2.34. The number of nitrogens with zero attached hydrogens (tertiary/aromatic N) is 3. The molecule has 0 amide bonds. The van der Waals surface area contributed by atoms with Crippen LogP contribution in [0.1, 0.15) is 49.1 Å². The quantitative estimate of drug-likeness (QED) is 0.173. The van der Waals surface area contributed by atoms with E-state index in [4.69, 9.17) is 15.7 Å². The van der Waals surface area contributed by atoms with Crippen LogP contribution in [0.15, 0.2) is 91.1 Å². The Kier molecular flexibility index (Phi) is 10.9. The molecule has 2 fully saturated rings. The summed E-state index contributed by atoms with van der Waals surface area (Å²) in [6.45, 7) is 2.18. The van der Waals surface area contributed by atoms with Gasteiger partial charge in [-0.05, 0) is 86.5 Å². The lowest BCUT2D eigenvalue weighted by molar-refractivity contribution is 0.253. The summed E-state index contributed by atoms with van der Waals surface area (Å²) in [5, 5.41) is 7.05. The van der Waals surface area contributed by atoms with Crippen LogP contribution in [-0.4, -0.2) is 27.6 Å². The molecular weight excluding hydrogens is 646 g/mol. The Morgan fingerprint density at radius 3 is 2.16 bits per heavy atom. The van der Waals surface area contributed by atoms with Crippen LogP contribution >= 0.6 is 49.6 Å². The molecule has 2 aliphatic heterocycles. The van der Waals surface area contributed by atoms with E-state index in [0.29, 0.717) is 5.92 Å². The van der Waals surface area contributed by atoms with Crippen LogP contribution in [0, 0.1) is 0 Å². The summed E-state index contributed by atoms with van der Waals surface area (Å²) in [6, 6.07) is 30.5. The van der Waals surface area contributed by atoms with Gasteiger partial charge in [-0.2, -0.15) is 0 Å². The Balaban J connectivity index is 0.00000115. The number of anilines is 2. The number of rotatable bonds is 4. The number of halogens is 4. The van der Waals surface area contributed by atoms with E-state index in [9.17, 15) is 0 Å². The number of hydrogen-bond acceptors (Lipinski definition) is 5. The highest BCUT2D eigenvalue weighted by Gasteiger charge is 2.34. The number of benzene rings is 3. The fraction of sp³-hybridized carbons (Fsp3) is 0.257. The number of imidazole rings is 1. The molecule has 0 spiro atoms. The lowest BCUT2D eigenvalue weighted by Gasteiger charge is -2.38. The van der Waals surface area contributed by atoms with Crippen LogP contribution < -0.4 is 16.4 Å². The highest BCUT2D eigenvalue weighted by molar-refractivity contribution is 5.91. The van der Waals surface area contributed by atoms with Crippen LogP contribution in [0.25, 0.3) is 39.6 Å². The van der Waals surface area contributed by atoms with E-state index in [1.807, 2.05) is 12.3 Å². The van der Waals surface area contributed by atoms with Crippen molar-refractivity contribution in [3.8, 4) is 39.6 Å². The predicted molar refractivity (Wildman–Crippen MR) is 195 cm³/mol. The minimum atomic E-state index is -0.195. The molecular formula is C35H38Cl4N6. The third-order valence-electron chi connectivity index (χ3n) is 9.30. The third kappa shape index (κ3) is 6.08. The molecule has 3 aromatic carbocycles. The summed E-state index contributed by atoms with van der Waals surface area (Å²) in [6.07, 6.45) is 7.50. The zero-order valence-electron chi connectivity index (χ0n) is 24.7. The number of aromatic nitrogens is 3. The van der Waals surface area contributed by atoms with Gasteiger partial charge in [-0.25, -0.2) is 9.97 Å². The Bertz CT molecular complexity index is 1740. The van der Waals surface area contributed by atoms with E-state index in [1.54, 1.807) is 0 Å². The minimum absolute atomic E-state index is 0. The van der Waals surface area contributed by atoms with Crippen LogP contribution in [0.4, 0.5) is 11.5 Å². The van der Waals surface area contributed by atoms with Crippen molar-refractivity contribution >= 4 is 61.1 Å². The maximum atomic E-state index is 6.70. The van der Waals surface area contributed by atoms with Gasteiger partial charge in [-0.3, -0.25) is 4.57 Å². The second-order valence-electron chi connectivity index (χ2n) is 11.7. The summed E-state index contributed by atoms with van der Waals surface area (Å²) in [4.78, 5) is 10.1. The van der Waals surface area contributed by atoms with Crippen molar-refractivity contribution in [2.45, 2.75) is 43.6 Å². The molecule has 4 N–H and O–H groups in total. The predicted octanol–water partition coefficient (Wildman–Crippen LogP) is 8.82. The molecule has 4 heterocycles. The molecule has 10 heteroatoms. The van der Waals surface area contributed by atoms with Crippen molar-refractivity contribution in [1.29, 1.82) is 0 Å². The van der Waals surface area contributed by atoms with Crippen molar-refractivity contribution in [1.82, 2.24) is 19.9 Å². The molecule has 8 rings (SSSR count). The van der Waals surface area contributed by atoms with Gasteiger partial charge in [0.1, 0.15) is 5.82 Å². The van der Waals surface area contributed by atoms with E-state index in [2.05, 4.69) is 94.1 Å². The molecule has 6 nitrogen and oxygen atoms in total. The molecule has 5 aromatic rings. The SMILES string of the molecule is Cl.Cl.Cl.Cl.NC1(c2ccc(-c3c(-c4ccc(C5CCNCC5)cc4)nc4n3-c3cccnc3Nc3ccccc3-4)cc2)CCC1. The fourth-order valence-electron chi connectivity index (χ4n) is 6.77. The highest BCUT2D eigenvalue weighted by Crippen LogP contribution is 2.45. The zero-order valence-corrected chi connectivity index (χ0v) is 28.0. The van der Waals surface area contributed by atoms with Crippen molar-refractivity contribution < 1.29 is 0 Å². The summed E-state index contributed by atoms with van der Waals surface area (Å²) in [7, 11) is 0. The van der Waals surface area contributed by atoms with Gasteiger partial charge >= 0.3 is 0 Å². The first-order valence-corrected chi connectivity index (χ1v) is 14.8. The standard InChI is InChI=1S/C35H34N6.4ClH/c36-35(18-4-19-35)27-14-12-26(13-15-27)32-31(25-10-8-23(9-11-25)24-16-21-37-22-17-24)40-34-28-5-1-2-6-29(28)39-33-30(41(32)34)7-3-20-38-33;;;;/h1-3,5-15,20,24,37H,4,16-19,21-22,36H2,(H,38,39);4*1H. The molecule has 0 atom stereocenters. The summed E-state index contributed by atoms with van der Waals surface area (Å²) in [5.41, 5.74) is 16.4. The number of nitrogens with one attached hydrogen (secondary N) is 2. The highest BCUT2D eigenvalue weighted by atomic mass is 35.5. The molecule has 1 aliphatic carbocycles. The summed E-state index contributed by atoms with van der Waals surface area (Å²) < 4.78 is 2.29. The number of piperidine rings is 1. The molecule has 1 saturated carbocycles. The monoisotopic (exact) mass is 682 g/mol. The van der Waals surface area contributed by atoms with Gasteiger partial charge in [-0.15, -0.1) is 49.6 Å². The van der Waals surface area contributed by atoms with Crippen molar-refractivity contribution in [2.24, 2.45) is 5.73 Å². The number of pyridine rings is 1. The largest absolute Gasteiger partial charge is 0.338 e. The normalized spacial score (nSPS) is 15.8. The van der Waals surface area contributed by atoms with Gasteiger partial charge in [-0.1, -0.05) is 60.7 Å². The number of para-hydroxylation sites is 1. The van der Waals surface area contributed by atoms with E-state index in [1.165, 1.54) is 30.4 Å². The third-order valence-corrected chi connectivity index (χ3v) is 9.30. The molecule has 0 bridgehead atoms. The molecule has 2 aromatic heterocycles. The smallest absolute Gasteiger partial charge is 0.154 e. The van der Waals surface area contributed by atoms with Gasteiger partial charge < -0.3 is 16.4 Å². The van der Waals surface area contributed by atoms with Crippen LogP contribution in [-0.2, 0) is 5.54 Å². The van der Waals surface area contributed by atoms with Crippen LogP contribution in [0.2, 0.25) is 0 Å². The average Bonchev–Trinajstić information content (AvgIpc) is 3.35. The Morgan fingerprint density at radius 2 is 1.47 bits per heavy atom. The number of nitrogens with two attached hydrogens (primary N) is 1. The van der Waals surface area contributed by atoms with Gasteiger partial charge in [0.25, 0.3) is 0 Å². The van der Waals surface area contributed by atoms with Gasteiger partial charge in [0.15, 0.2) is 5.82 Å². The zero-order chi connectivity index (χ0) is 27.4. The first kappa shape index (κ1) is 34.8. The summed E-state index contributed by atoms with van der Waals surface area (Å²) >= 11 is 0. The minimum Gasteiger partial charge on any atom is -0.338 e. The fourth-order valence-corrected chi connectivity index (χ4v) is 6.77. The first-order chi connectivity index (χ1) is 20.2. The molecule has 45 heavy (non-hydrogen) atoms. The van der Waals surface area contributed by atoms with E-state index >= 15 is 0 Å². The van der Waals surface area contributed by atoms with Gasteiger partial charge in [0.2, 0.25) is 0 Å². The Hall–Kier alpha value is -3.10. The van der Waals surface area contributed by atoms with Crippen LogP contribution in [0.5, 0.6) is 0 Å². The maximum absolute atomic E-state index is 6.70. The molecule has 3 aliphatic rings. The van der Waals surface area contributed by atoms with Gasteiger partial charge in [0.05, 0.1) is 22.8 Å². The lowest BCUT2D eigenvalue weighted by Crippen LogP contribution is -2.43. The Morgan fingerprint density at radius 1 is 0.778 bits per heavy atom. The molecule has 0 radical (unpaired) electrons. The maximum Gasteiger partial charge on any atom is 0.154 e. The number of hydrogen-bond donors (Lipinski definition) is 3. The lowest BCUT2D eigenvalue weighted by atomic mass is 9.72. The average molecular weight is 685 g/mol. The van der Waals surface area contributed by atoms with E-state index in [-0.39, 0.29) is 55.2 Å². The Labute approximate surface area is 289 Å². The molecule has 1 saturated heterocycles. The number of fused-ring (bicyclic) bond motifs is 5. The van der Waals surface area contributed by atoms with Gasteiger partial charge in [0, 0.05) is 28.4 Å². The second kappa shape index (κ2) is 14.1. The van der Waals surface area contributed by atoms with Crippen molar-refractivity contribution in [2.75, 3.05) is 18.4 Å². The van der Waals surface area contributed by atoms with Crippen LogP contribution in [0.3, 0.4) is 0 Å². The molecule has 236 valence electrons. The van der Waals surface area contributed by atoms with Crippen molar-refractivity contribution in [3.63, 3.8) is 0 Å². The second-order valence-corrected chi connectivity index (χ2v) is 11.7. The topological polar surface area (TPSA) is 80.8 Å². The van der Waals surface area contributed by atoms with E-state index < -0.39 is 0 Å². The van der Waals surface area contributed by atoms with Crippen molar-refractivity contribution in [3.05, 3.63) is 102 Å². The molecule has 0 unspecified atom stereocenters. The first-order valence-electron chi connectivity index (χ1n) is 14.8. The van der Waals surface area contributed by atoms with E-state index in [0.717, 1.165) is 77.0 Å².